The van der Waals surface area contributed by atoms with Crippen LogP contribution in [-0.4, -0.2) is 28.0 Å². The van der Waals surface area contributed by atoms with Gasteiger partial charge in [0.05, 0.1) is 6.54 Å². The molecule has 1 saturated carbocycles. The average Bonchev–Trinajstić information content (AvgIpc) is 2.86. The Morgan fingerprint density at radius 1 is 1.12 bits per heavy atom. The summed E-state index contributed by atoms with van der Waals surface area (Å²) >= 11 is 3.34. The number of hydrogen-bond donors (Lipinski definition) is 1. The summed E-state index contributed by atoms with van der Waals surface area (Å²) in [5, 5.41) is 10.1. The Labute approximate surface area is 193 Å². The number of aliphatic carboxylic acids is 1. The highest BCUT2D eigenvalue weighted by Gasteiger charge is 2.42. The molecule has 1 heterocycles. The number of nitrogens with zero attached hydrogens (tertiary/aromatic N) is 1. The van der Waals surface area contributed by atoms with Crippen LogP contribution in [0.1, 0.15) is 55.7 Å². The summed E-state index contributed by atoms with van der Waals surface area (Å²) < 4.78 is 35.5. The van der Waals surface area contributed by atoms with Gasteiger partial charge in [-0.2, -0.15) is 0 Å². The highest BCUT2D eigenvalue weighted by Crippen LogP contribution is 2.39. The number of hydrogen-bond acceptors (Lipinski definition) is 3. The van der Waals surface area contributed by atoms with E-state index < -0.39 is 42.2 Å². The number of carboxylic acids is 1. The lowest BCUT2D eigenvalue weighted by atomic mass is 9.85. The third kappa shape index (κ3) is 4.65. The predicted molar refractivity (Wildman–Crippen MR) is 117 cm³/mol. The van der Waals surface area contributed by atoms with Crippen LogP contribution in [0.15, 0.2) is 40.9 Å². The van der Waals surface area contributed by atoms with Crippen molar-refractivity contribution in [2.24, 2.45) is 5.92 Å². The molecule has 8 heteroatoms. The fourth-order valence-electron chi connectivity index (χ4n) is 4.69. The SMILES string of the molecule is O=C(O)C1c2cc(Br)ccc2OC(CC2CCCCC2)C(=O)N1Cc1c(F)cccc1F. The highest BCUT2D eigenvalue weighted by atomic mass is 79.9. The standard InChI is InChI=1S/C24H24BrF2NO4/c25-15-9-10-20-16(12-15)22(24(30)31)28(13-17-18(26)7-4-8-19(17)27)23(29)21(32-20)11-14-5-2-1-3-6-14/h4,7-10,12,14,21-22H,1-3,5-6,11,13H2,(H,30,31). The molecule has 2 aromatic carbocycles. The Hall–Kier alpha value is -2.48. The highest BCUT2D eigenvalue weighted by molar-refractivity contribution is 9.10. The summed E-state index contributed by atoms with van der Waals surface area (Å²) in [6.07, 6.45) is 4.80. The van der Waals surface area contributed by atoms with E-state index in [2.05, 4.69) is 15.9 Å². The van der Waals surface area contributed by atoms with Crippen molar-refractivity contribution < 1.29 is 28.2 Å². The topological polar surface area (TPSA) is 66.8 Å². The predicted octanol–water partition coefficient (Wildman–Crippen LogP) is 5.61. The van der Waals surface area contributed by atoms with Gasteiger partial charge in [0.15, 0.2) is 12.1 Å². The van der Waals surface area contributed by atoms with E-state index in [1.165, 1.54) is 6.07 Å². The molecule has 0 spiro atoms. The van der Waals surface area contributed by atoms with Crippen molar-refractivity contribution in [2.45, 2.75) is 57.2 Å². The molecule has 1 aliphatic carbocycles. The van der Waals surface area contributed by atoms with E-state index in [4.69, 9.17) is 4.74 Å². The lowest BCUT2D eigenvalue weighted by Crippen LogP contribution is -2.44. The fourth-order valence-corrected chi connectivity index (χ4v) is 5.07. The molecule has 0 bridgehead atoms. The van der Waals surface area contributed by atoms with Crippen molar-refractivity contribution in [3.63, 3.8) is 0 Å². The number of halogens is 3. The summed E-state index contributed by atoms with van der Waals surface area (Å²) in [5.41, 5.74) is -0.0786. The van der Waals surface area contributed by atoms with Crippen LogP contribution >= 0.6 is 15.9 Å². The molecule has 0 saturated heterocycles. The molecular weight excluding hydrogens is 484 g/mol. The fraction of sp³-hybridized carbons (Fsp3) is 0.417. The van der Waals surface area contributed by atoms with Crippen LogP contribution in [-0.2, 0) is 16.1 Å². The minimum Gasteiger partial charge on any atom is -0.480 e. The number of ether oxygens (including phenoxy) is 1. The third-order valence-corrected chi connectivity index (χ3v) is 6.80. The Kier molecular flexibility index (Phi) is 6.79. The number of benzene rings is 2. The van der Waals surface area contributed by atoms with Crippen LogP contribution in [0, 0.1) is 17.6 Å². The van der Waals surface area contributed by atoms with Crippen LogP contribution in [0.3, 0.4) is 0 Å². The first-order valence-corrected chi connectivity index (χ1v) is 11.6. The van der Waals surface area contributed by atoms with Crippen molar-refractivity contribution in [2.75, 3.05) is 0 Å². The number of carboxylic acid groups (broad SMARTS) is 1. The molecular formula is C24H24BrF2NO4. The molecule has 0 aromatic heterocycles. The van der Waals surface area contributed by atoms with Crippen molar-refractivity contribution in [1.82, 2.24) is 4.90 Å². The molecule has 2 atom stereocenters. The van der Waals surface area contributed by atoms with E-state index in [0.29, 0.717) is 16.6 Å². The van der Waals surface area contributed by atoms with Gasteiger partial charge in [0, 0.05) is 15.6 Å². The molecule has 170 valence electrons. The monoisotopic (exact) mass is 507 g/mol. The van der Waals surface area contributed by atoms with Gasteiger partial charge in [-0.05, 0) is 42.7 Å². The normalized spacial score (nSPS) is 21.6. The first-order valence-electron chi connectivity index (χ1n) is 10.8. The summed E-state index contributed by atoms with van der Waals surface area (Å²) in [6, 6.07) is 6.90. The lowest BCUT2D eigenvalue weighted by Gasteiger charge is -2.30. The maximum absolute atomic E-state index is 14.4. The zero-order valence-electron chi connectivity index (χ0n) is 17.4. The molecule has 1 aliphatic heterocycles. The van der Waals surface area contributed by atoms with Gasteiger partial charge in [-0.1, -0.05) is 54.1 Å². The molecule has 1 amide bonds. The van der Waals surface area contributed by atoms with Gasteiger partial charge in [-0.3, -0.25) is 4.79 Å². The quantitative estimate of drug-likeness (QED) is 0.570. The van der Waals surface area contributed by atoms with Crippen molar-refractivity contribution in [3.05, 3.63) is 63.6 Å². The molecule has 32 heavy (non-hydrogen) atoms. The van der Waals surface area contributed by atoms with Gasteiger partial charge in [0.25, 0.3) is 5.91 Å². The van der Waals surface area contributed by atoms with Crippen molar-refractivity contribution >= 4 is 27.8 Å². The maximum Gasteiger partial charge on any atom is 0.331 e. The minimum absolute atomic E-state index is 0.267. The van der Waals surface area contributed by atoms with Gasteiger partial charge in [0.2, 0.25) is 0 Å². The smallest absolute Gasteiger partial charge is 0.331 e. The zero-order chi connectivity index (χ0) is 22.8. The number of amides is 1. The zero-order valence-corrected chi connectivity index (χ0v) is 19.0. The second-order valence-corrected chi connectivity index (χ2v) is 9.35. The summed E-state index contributed by atoms with van der Waals surface area (Å²) in [6.45, 7) is -0.509. The Bertz CT molecular complexity index is 1000. The van der Waals surface area contributed by atoms with Crippen LogP contribution in [0.4, 0.5) is 8.78 Å². The number of fused-ring (bicyclic) bond motifs is 1. The first-order chi connectivity index (χ1) is 15.3. The summed E-state index contributed by atoms with van der Waals surface area (Å²) in [7, 11) is 0. The molecule has 4 rings (SSSR count). The number of carbonyl (C=O) groups excluding carboxylic acids is 1. The van der Waals surface area contributed by atoms with Gasteiger partial charge in [0.1, 0.15) is 17.4 Å². The third-order valence-electron chi connectivity index (χ3n) is 6.30. The molecule has 2 unspecified atom stereocenters. The number of carbonyl (C=O) groups is 2. The molecule has 2 aliphatic rings. The average molecular weight is 508 g/mol. The molecule has 1 fully saturated rings. The van der Waals surface area contributed by atoms with Crippen LogP contribution in [0.25, 0.3) is 0 Å². The van der Waals surface area contributed by atoms with E-state index in [1.54, 1.807) is 18.2 Å². The lowest BCUT2D eigenvalue weighted by molar-refractivity contribution is -0.153. The van der Waals surface area contributed by atoms with Crippen LogP contribution in [0.2, 0.25) is 0 Å². The summed E-state index contributed by atoms with van der Waals surface area (Å²) in [4.78, 5) is 27.0. The summed E-state index contributed by atoms with van der Waals surface area (Å²) in [5.74, 6) is -2.94. The Balaban J connectivity index is 1.77. The first kappa shape index (κ1) is 22.7. The molecule has 5 nitrogen and oxygen atoms in total. The van der Waals surface area contributed by atoms with E-state index in [9.17, 15) is 23.5 Å². The maximum atomic E-state index is 14.4. The molecule has 1 N–H and O–H groups in total. The van der Waals surface area contributed by atoms with E-state index in [1.807, 2.05) is 0 Å². The van der Waals surface area contributed by atoms with Crippen LogP contribution in [0.5, 0.6) is 5.75 Å². The Morgan fingerprint density at radius 3 is 2.47 bits per heavy atom. The van der Waals surface area contributed by atoms with Gasteiger partial charge in [-0.15, -0.1) is 0 Å². The molecule has 2 aromatic rings. The van der Waals surface area contributed by atoms with Crippen molar-refractivity contribution in [1.29, 1.82) is 0 Å². The van der Waals surface area contributed by atoms with Gasteiger partial charge >= 0.3 is 5.97 Å². The number of rotatable bonds is 5. The second kappa shape index (κ2) is 9.57. The molecule has 0 radical (unpaired) electrons. The van der Waals surface area contributed by atoms with E-state index in [-0.39, 0.29) is 17.0 Å². The van der Waals surface area contributed by atoms with E-state index >= 15 is 0 Å². The van der Waals surface area contributed by atoms with Crippen LogP contribution < -0.4 is 4.74 Å². The Morgan fingerprint density at radius 2 is 1.81 bits per heavy atom. The van der Waals surface area contributed by atoms with E-state index in [0.717, 1.165) is 49.1 Å². The largest absolute Gasteiger partial charge is 0.480 e. The second-order valence-electron chi connectivity index (χ2n) is 8.44. The minimum atomic E-state index is -1.44. The van der Waals surface area contributed by atoms with Crippen molar-refractivity contribution in [3.8, 4) is 5.75 Å². The van der Waals surface area contributed by atoms with Gasteiger partial charge in [-0.25, -0.2) is 13.6 Å². The van der Waals surface area contributed by atoms with Gasteiger partial charge < -0.3 is 14.7 Å².